The molecular weight excluding hydrogens is 234 g/mol. The predicted octanol–water partition coefficient (Wildman–Crippen LogP) is 4.53. The Morgan fingerprint density at radius 1 is 1.32 bits per heavy atom. The zero-order valence-electron chi connectivity index (χ0n) is 13.4. The molecule has 2 atom stereocenters. The van der Waals surface area contributed by atoms with Gasteiger partial charge >= 0.3 is 0 Å². The van der Waals surface area contributed by atoms with Gasteiger partial charge in [0.15, 0.2) is 0 Å². The average Bonchev–Trinajstić information content (AvgIpc) is 2.37. The van der Waals surface area contributed by atoms with E-state index in [9.17, 15) is 10.4 Å². The molecule has 0 aromatic carbocycles. The summed E-state index contributed by atoms with van der Waals surface area (Å²) in [6.07, 6.45) is 5.50. The van der Waals surface area contributed by atoms with E-state index in [-0.39, 0.29) is 5.92 Å². The van der Waals surface area contributed by atoms with Crippen LogP contribution in [0.1, 0.15) is 73.1 Å². The average molecular weight is 265 g/mol. The van der Waals surface area contributed by atoms with Gasteiger partial charge in [0.2, 0.25) is 0 Å². The number of aliphatic hydroxyl groups excluding tert-OH is 1. The number of nitrogens with zero attached hydrogens (tertiary/aromatic N) is 1. The first-order valence-corrected chi connectivity index (χ1v) is 7.86. The van der Waals surface area contributed by atoms with Crippen molar-refractivity contribution in [3.8, 4) is 6.07 Å². The summed E-state index contributed by atoms with van der Waals surface area (Å²) in [7, 11) is 0. The molecule has 1 rings (SSSR count). The summed E-state index contributed by atoms with van der Waals surface area (Å²) in [6, 6.07) is 2.48. The van der Waals surface area contributed by atoms with E-state index in [1.165, 1.54) is 0 Å². The normalized spacial score (nSPS) is 31.5. The van der Waals surface area contributed by atoms with Crippen LogP contribution in [0.3, 0.4) is 0 Å². The number of hydrogen-bond acceptors (Lipinski definition) is 2. The molecule has 110 valence electrons. The lowest BCUT2D eigenvalue weighted by Crippen LogP contribution is -2.43. The monoisotopic (exact) mass is 265 g/mol. The van der Waals surface area contributed by atoms with Crippen LogP contribution in [0.25, 0.3) is 0 Å². The number of aliphatic hydroxyl groups is 1. The van der Waals surface area contributed by atoms with Crippen LogP contribution < -0.4 is 0 Å². The second-order valence-corrected chi connectivity index (χ2v) is 7.62. The van der Waals surface area contributed by atoms with Gasteiger partial charge in [0.25, 0.3) is 0 Å². The van der Waals surface area contributed by atoms with Gasteiger partial charge in [-0.2, -0.15) is 5.26 Å². The van der Waals surface area contributed by atoms with Crippen molar-refractivity contribution in [2.75, 3.05) is 0 Å². The Labute approximate surface area is 119 Å². The van der Waals surface area contributed by atoms with Crippen molar-refractivity contribution in [1.29, 1.82) is 5.26 Å². The fourth-order valence-corrected chi connectivity index (χ4v) is 3.63. The van der Waals surface area contributed by atoms with E-state index in [1.807, 2.05) is 0 Å². The van der Waals surface area contributed by atoms with Gasteiger partial charge in [-0.15, -0.1) is 0 Å². The summed E-state index contributed by atoms with van der Waals surface area (Å²) in [5.41, 5.74) is -0.169. The zero-order valence-corrected chi connectivity index (χ0v) is 13.4. The van der Waals surface area contributed by atoms with Crippen LogP contribution in [-0.4, -0.2) is 11.2 Å². The molecule has 0 bridgehead atoms. The first kappa shape index (κ1) is 16.5. The van der Waals surface area contributed by atoms with Crippen LogP contribution in [0.4, 0.5) is 0 Å². The highest BCUT2D eigenvalue weighted by molar-refractivity contribution is 5.07. The van der Waals surface area contributed by atoms with Crippen LogP contribution in [0.2, 0.25) is 0 Å². The molecule has 19 heavy (non-hydrogen) atoms. The lowest BCUT2D eigenvalue weighted by atomic mass is 9.61. The largest absolute Gasteiger partial charge is 0.391 e. The van der Waals surface area contributed by atoms with Crippen LogP contribution in [0, 0.1) is 34.0 Å². The lowest BCUT2D eigenvalue weighted by molar-refractivity contribution is -0.0232. The van der Waals surface area contributed by atoms with Crippen molar-refractivity contribution >= 4 is 0 Å². The van der Waals surface area contributed by atoms with E-state index >= 15 is 0 Å². The van der Waals surface area contributed by atoms with Crippen LogP contribution >= 0.6 is 0 Å². The second kappa shape index (κ2) is 6.27. The molecule has 0 aromatic rings. The molecule has 2 heteroatoms. The lowest BCUT2D eigenvalue weighted by Gasteiger charge is -2.44. The van der Waals surface area contributed by atoms with E-state index in [4.69, 9.17) is 0 Å². The maximum atomic E-state index is 10.6. The molecule has 1 fully saturated rings. The number of rotatable bonds is 4. The van der Waals surface area contributed by atoms with Gasteiger partial charge in [-0.3, -0.25) is 0 Å². The third-order valence-electron chi connectivity index (χ3n) is 5.17. The molecule has 1 saturated carbocycles. The summed E-state index contributed by atoms with van der Waals surface area (Å²) in [5, 5.41) is 20.2. The SMILES string of the molecule is CCCC(C)C(O)C1(C#N)CCC(C(C)(C)C)CC1. The summed E-state index contributed by atoms with van der Waals surface area (Å²) < 4.78 is 0. The van der Waals surface area contributed by atoms with Gasteiger partial charge < -0.3 is 5.11 Å². The Bertz CT molecular complexity index is 315. The maximum absolute atomic E-state index is 10.6. The predicted molar refractivity (Wildman–Crippen MR) is 79.5 cm³/mol. The summed E-state index contributed by atoms with van der Waals surface area (Å²) in [4.78, 5) is 0. The van der Waals surface area contributed by atoms with Crippen LogP contribution in [0.5, 0.6) is 0 Å². The second-order valence-electron chi connectivity index (χ2n) is 7.62. The van der Waals surface area contributed by atoms with E-state index in [1.54, 1.807) is 0 Å². The van der Waals surface area contributed by atoms with Crippen molar-refractivity contribution in [2.24, 2.45) is 22.7 Å². The van der Waals surface area contributed by atoms with Gasteiger partial charge in [0, 0.05) is 0 Å². The molecule has 2 unspecified atom stereocenters. The fraction of sp³-hybridized carbons (Fsp3) is 0.941. The Hall–Kier alpha value is -0.550. The van der Waals surface area contributed by atoms with Gasteiger partial charge in [0.05, 0.1) is 17.6 Å². The first-order chi connectivity index (χ1) is 8.77. The molecule has 0 amide bonds. The number of nitriles is 1. The van der Waals surface area contributed by atoms with Crippen LogP contribution in [0.15, 0.2) is 0 Å². The van der Waals surface area contributed by atoms with Gasteiger partial charge in [-0.25, -0.2) is 0 Å². The smallest absolute Gasteiger partial charge is 0.0835 e. The molecule has 0 saturated heterocycles. The van der Waals surface area contributed by atoms with Crippen molar-refractivity contribution in [1.82, 2.24) is 0 Å². The summed E-state index contributed by atoms with van der Waals surface area (Å²) >= 11 is 0. The van der Waals surface area contributed by atoms with Crippen LogP contribution in [-0.2, 0) is 0 Å². The third kappa shape index (κ3) is 3.72. The Morgan fingerprint density at radius 2 is 1.84 bits per heavy atom. The summed E-state index contributed by atoms with van der Waals surface area (Å²) in [6.45, 7) is 11.1. The molecule has 0 aromatic heterocycles. The van der Waals surface area contributed by atoms with E-state index < -0.39 is 11.5 Å². The van der Waals surface area contributed by atoms with Crippen molar-refractivity contribution in [3.63, 3.8) is 0 Å². The van der Waals surface area contributed by atoms with Crippen molar-refractivity contribution in [3.05, 3.63) is 0 Å². The molecule has 1 aliphatic carbocycles. The van der Waals surface area contributed by atoms with Crippen molar-refractivity contribution in [2.45, 2.75) is 79.2 Å². The highest BCUT2D eigenvalue weighted by atomic mass is 16.3. The first-order valence-electron chi connectivity index (χ1n) is 7.86. The van der Waals surface area contributed by atoms with E-state index in [0.29, 0.717) is 11.3 Å². The molecular formula is C17H31NO. The van der Waals surface area contributed by atoms with Gasteiger partial charge in [-0.05, 0) is 49.4 Å². The Balaban J connectivity index is 2.73. The Kier molecular flexibility index (Phi) is 5.44. The minimum absolute atomic E-state index is 0.232. The topological polar surface area (TPSA) is 44.0 Å². The minimum atomic E-state index is -0.490. The molecule has 2 nitrogen and oxygen atoms in total. The fourth-order valence-electron chi connectivity index (χ4n) is 3.63. The molecule has 1 aliphatic rings. The minimum Gasteiger partial charge on any atom is -0.391 e. The molecule has 0 aliphatic heterocycles. The van der Waals surface area contributed by atoms with Gasteiger partial charge in [-0.1, -0.05) is 41.0 Å². The molecule has 0 heterocycles. The van der Waals surface area contributed by atoms with Crippen molar-refractivity contribution < 1.29 is 5.11 Å². The molecule has 0 spiro atoms. The van der Waals surface area contributed by atoms with E-state index in [0.717, 1.165) is 38.5 Å². The number of hydrogen-bond donors (Lipinski definition) is 1. The highest BCUT2D eigenvalue weighted by Crippen LogP contribution is 2.48. The summed E-state index contributed by atoms with van der Waals surface area (Å²) in [5.74, 6) is 0.915. The zero-order chi connectivity index (χ0) is 14.7. The molecule has 0 radical (unpaired) electrons. The third-order valence-corrected chi connectivity index (χ3v) is 5.17. The van der Waals surface area contributed by atoms with E-state index in [2.05, 4.69) is 40.7 Å². The highest BCUT2D eigenvalue weighted by Gasteiger charge is 2.45. The maximum Gasteiger partial charge on any atom is 0.0835 e. The quantitative estimate of drug-likeness (QED) is 0.811. The Morgan fingerprint density at radius 3 is 2.21 bits per heavy atom. The van der Waals surface area contributed by atoms with Gasteiger partial charge in [0.1, 0.15) is 0 Å². The standard InChI is InChI=1S/C17H31NO/c1-6-7-13(2)15(19)17(12-18)10-8-14(9-11-17)16(3,4)5/h13-15,19H,6-11H2,1-5H3. The molecule has 1 N–H and O–H groups in total.